The zero-order valence-electron chi connectivity index (χ0n) is 18.4. The van der Waals surface area contributed by atoms with Gasteiger partial charge in [0.2, 0.25) is 0 Å². The van der Waals surface area contributed by atoms with Crippen LogP contribution in [0.1, 0.15) is 31.8 Å². The summed E-state index contributed by atoms with van der Waals surface area (Å²) in [7, 11) is 3.95. The van der Waals surface area contributed by atoms with Crippen LogP contribution in [0.5, 0.6) is 0 Å². The number of carbonyl (C=O) groups is 2. The predicted octanol–water partition coefficient (Wildman–Crippen LogP) is 2.14. The fourth-order valence-electron chi connectivity index (χ4n) is 3.57. The quantitative estimate of drug-likeness (QED) is 0.630. The Morgan fingerprint density at radius 2 is 1.73 bits per heavy atom. The predicted molar refractivity (Wildman–Crippen MR) is 127 cm³/mol. The van der Waals surface area contributed by atoms with Gasteiger partial charge in [0.1, 0.15) is 0 Å². The molecule has 0 saturated heterocycles. The molecule has 4 rings (SSSR count). The van der Waals surface area contributed by atoms with Crippen LogP contribution >= 0.6 is 0 Å². The number of carboxylic acid groups (broad SMARTS) is 1. The number of rotatable bonds is 5. The lowest BCUT2D eigenvalue weighted by molar-refractivity contribution is 0.0696. The van der Waals surface area contributed by atoms with Gasteiger partial charge in [-0.15, -0.1) is 5.10 Å². The second kappa shape index (κ2) is 8.58. The average molecular weight is 442 g/mol. The minimum absolute atomic E-state index is 0.104. The molecule has 1 aliphatic heterocycles. The maximum Gasteiger partial charge on any atom is 0.335 e. The van der Waals surface area contributed by atoms with Gasteiger partial charge >= 0.3 is 5.97 Å². The van der Waals surface area contributed by atoms with Crippen LogP contribution in [0.25, 0.3) is 12.2 Å². The average Bonchev–Trinajstić information content (AvgIpc) is 3.12. The van der Waals surface area contributed by atoms with Gasteiger partial charge in [-0.25, -0.2) is 4.79 Å². The Labute approximate surface area is 189 Å². The van der Waals surface area contributed by atoms with E-state index in [1.54, 1.807) is 19.1 Å². The van der Waals surface area contributed by atoms with Crippen molar-refractivity contribution < 1.29 is 14.7 Å². The first-order valence-electron chi connectivity index (χ1n) is 10.2. The van der Waals surface area contributed by atoms with Crippen molar-refractivity contribution in [2.75, 3.05) is 24.0 Å². The zero-order valence-corrected chi connectivity index (χ0v) is 18.4. The third kappa shape index (κ3) is 4.18. The van der Waals surface area contributed by atoms with E-state index in [0.29, 0.717) is 22.0 Å². The number of anilines is 2. The minimum atomic E-state index is -1.06. The Balaban J connectivity index is 1.66. The molecular formula is C25H22N4O4. The second-order valence-corrected chi connectivity index (χ2v) is 7.80. The van der Waals surface area contributed by atoms with Crippen molar-refractivity contribution in [1.29, 1.82) is 0 Å². The van der Waals surface area contributed by atoms with E-state index < -0.39 is 5.97 Å². The number of amides is 1. The molecule has 0 radical (unpaired) electrons. The lowest BCUT2D eigenvalue weighted by Gasteiger charge is -2.12. The molecule has 2 aromatic carbocycles. The molecule has 0 unspecified atom stereocenters. The first-order chi connectivity index (χ1) is 15.8. The number of nitrogens with zero attached hydrogens (tertiary/aromatic N) is 3. The van der Waals surface area contributed by atoms with Gasteiger partial charge in [0, 0.05) is 25.0 Å². The molecule has 1 aromatic heterocycles. The number of carbonyl (C=O) groups excluding carboxylic acids is 1. The summed E-state index contributed by atoms with van der Waals surface area (Å²) in [5, 5.41) is 14.8. The zero-order chi connectivity index (χ0) is 23.7. The molecule has 2 heterocycles. The van der Waals surface area contributed by atoms with Gasteiger partial charge in [-0.05, 0) is 60.5 Å². The molecule has 3 aromatic rings. The highest BCUT2D eigenvalue weighted by molar-refractivity contribution is 6.08. The molecule has 0 spiro atoms. The van der Waals surface area contributed by atoms with E-state index in [0.717, 1.165) is 16.3 Å². The molecule has 0 fully saturated rings. The number of aromatic carboxylic acids is 1. The van der Waals surface area contributed by atoms with Crippen LogP contribution in [0.3, 0.4) is 0 Å². The van der Waals surface area contributed by atoms with Gasteiger partial charge in [0.15, 0.2) is 5.49 Å². The normalized spacial score (nSPS) is 13.4. The fraction of sp³-hybridized carbons (Fsp3) is 0.120. The van der Waals surface area contributed by atoms with E-state index in [-0.39, 0.29) is 22.5 Å². The van der Waals surface area contributed by atoms with Crippen LogP contribution in [0.2, 0.25) is 0 Å². The Morgan fingerprint density at radius 1 is 1.06 bits per heavy atom. The van der Waals surface area contributed by atoms with Gasteiger partial charge in [-0.2, -0.15) is 5.01 Å². The molecule has 1 amide bonds. The van der Waals surface area contributed by atoms with Crippen LogP contribution in [0.4, 0.5) is 11.4 Å². The maximum absolute atomic E-state index is 13.0. The van der Waals surface area contributed by atoms with E-state index in [4.69, 9.17) is 5.11 Å². The minimum Gasteiger partial charge on any atom is -0.478 e. The number of hydrogen-bond acceptors (Lipinski definition) is 5. The highest BCUT2D eigenvalue weighted by Gasteiger charge is 2.28. The molecular weight excluding hydrogens is 420 g/mol. The molecule has 2 N–H and O–H groups in total. The largest absolute Gasteiger partial charge is 0.478 e. The number of fused-ring (bicyclic) bond motifs is 1. The summed E-state index contributed by atoms with van der Waals surface area (Å²) in [6.45, 7) is 1.71. The van der Waals surface area contributed by atoms with Crippen molar-refractivity contribution in [2.24, 2.45) is 5.10 Å². The Morgan fingerprint density at radius 3 is 2.33 bits per heavy atom. The number of nitrogens with one attached hydrogen (secondary N) is 1. The number of hydrogen-bond donors (Lipinski definition) is 2. The van der Waals surface area contributed by atoms with Crippen LogP contribution in [0, 0.1) is 6.92 Å². The molecule has 0 aliphatic carbocycles. The monoisotopic (exact) mass is 442 g/mol. The number of allylic oxidation sites excluding steroid dienone is 1. The maximum atomic E-state index is 13.0. The smallest absolute Gasteiger partial charge is 0.335 e. The van der Waals surface area contributed by atoms with E-state index in [2.05, 4.69) is 10.1 Å². The summed E-state index contributed by atoms with van der Waals surface area (Å²) < 4.78 is 0. The van der Waals surface area contributed by atoms with E-state index in [9.17, 15) is 14.4 Å². The third-order valence-corrected chi connectivity index (χ3v) is 5.42. The standard InChI is InChI=1S/C25H22N4O4/c1-15-20(6-4-5-16-7-11-18(12-8-16)28(2)3)23(30)26-22-21(15)24(31)29(27-22)19-13-9-17(10-14-19)25(32)33/h4-14H,1-3H3,(H,32,33)(H,26,27,30)/b5-4?,20-6-. The van der Waals surface area contributed by atoms with E-state index in [1.807, 2.05) is 49.3 Å². The summed E-state index contributed by atoms with van der Waals surface area (Å²) in [6.07, 6.45) is 5.33. The lowest BCUT2D eigenvalue weighted by Crippen LogP contribution is -2.38. The molecule has 8 heteroatoms. The van der Waals surface area contributed by atoms with Gasteiger partial charge in [-0.3, -0.25) is 9.59 Å². The van der Waals surface area contributed by atoms with Crippen molar-refractivity contribution in [3.8, 4) is 0 Å². The van der Waals surface area contributed by atoms with Gasteiger partial charge in [0.05, 0.1) is 16.8 Å². The second-order valence-electron chi connectivity index (χ2n) is 7.80. The first kappa shape index (κ1) is 21.8. The lowest BCUT2D eigenvalue weighted by atomic mass is 10.1. The van der Waals surface area contributed by atoms with E-state index in [1.165, 1.54) is 24.3 Å². The van der Waals surface area contributed by atoms with Crippen molar-refractivity contribution >= 4 is 35.4 Å². The molecule has 166 valence electrons. The number of carboxylic acids is 1. The molecule has 1 aliphatic rings. The number of pyridine rings is 1. The molecule has 0 atom stereocenters. The Hall–Kier alpha value is -4.46. The molecule has 0 bridgehead atoms. The summed E-state index contributed by atoms with van der Waals surface area (Å²) in [6, 6.07) is 13.8. The molecule has 0 saturated carbocycles. The number of aromatic amines is 1. The van der Waals surface area contributed by atoms with Crippen molar-refractivity contribution in [3.05, 3.63) is 97.9 Å². The topological polar surface area (TPSA) is 106 Å². The first-order valence-corrected chi connectivity index (χ1v) is 10.2. The number of H-pyrrole nitrogens is 1. The number of benzene rings is 2. The van der Waals surface area contributed by atoms with Crippen molar-refractivity contribution in [3.63, 3.8) is 0 Å². The van der Waals surface area contributed by atoms with Crippen LogP contribution in [-0.4, -0.2) is 36.1 Å². The SMILES string of the molecule is Cc1c2c([nH]c(=O)/c1=C\C=Cc1ccc(N(C)C)cc1)=NN(c1ccc(C(=O)O)cc1)C2=O. The van der Waals surface area contributed by atoms with Gasteiger partial charge < -0.3 is 15.0 Å². The van der Waals surface area contributed by atoms with Crippen LogP contribution in [-0.2, 0) is 0 Å². The molecule has 8 nitrogen and oxygen atoms in total. The fourth-order valence-corrected chi connectivity index (χ4v) is 3.57. The van der Waals surface area contributed by atoms with Crippen LogP contribution in [0.15, 0.2) is 64.5 Å². The van der Waals surface area contributed by atoms with Gasteiger partial charge in [0.25, 0.3) is 11.5 Å². The van der Waals surface area contributed by atoms with E-state index >= 15 is 0 Å². The summed E-state index contributed by atoms with van der Waals surface area (Å²) in [5.41, 5.74) is 3.26. The van der Waals surface area contributed by atoms with Crippen LogP contribution < -0.4 is 26.2 Å². The molecule has 33 heavy (non-hydrogen) atoms. The highest BCUT2D eigenvalue weighted by Crippen LogP contribution is 2.20. The third-order valence-electron chi connectivity index (χ3n) is 5.42. The summed E-state index contributed by atoms with van der Waals surface area (Å²) in [4.78, 5) is 41.4. The summed E-state index contributed by atoms with van der Waals surface area (Å²) >= 11 is 0. The summed E-state index contributed by atoms with van der Waals surface area (Å²) in [5.74, 6) is -1.45. The number of aromatic nitrogens is 1. The highest BCUT2D eigenvalue weighted by atomic mass is 16.4. The van der Waals surface area contributed by atoms with Gasteiger partial charge in [-0.1, -0.05) is 24.3 Å². The van der Waals surface area contributed by atoms with Crippen molar-refractivity contribution in [1.82, 2.24) is 4.98 Å². The Kier molecular flexibility index (Phi) is 5.66. The van der Waals surface area contributed by atoms with Crippen molar-refractivity contribution in [2.45, 2.75) is 6.92 Å². The Bertz CT molecular complexity index is 1450.